The van der Waals surface area contributed by atoms with Crippen LogP contribution in [0.25, 0.3) is 0 Å². The minimum atomic E-state index is -0.852. The Kier molecular flexibility index (Phi) is 8.19. The summed E-state index contributed by atoms with van der Waals surface area (Å²) in [5.74, 6) is 1.96. The highest BCUT2D eigenvalue weighted by Crippen LogP contribution is 2.18. The van der Waals surface area contributed by atoms with E-state index in [9.17, 15) is 9.59 Å². The standard InChI is InChI=1S/C20H20O8/c1-23-15-5-9-17(10-6-15)27-19(21)25-13-3-4-14-26-20(22)28-18-11-7-16(24-2)8-12-18/h3-12H,13-14H2,1-2H3/b4-3-. The third-order valence-electron chi connectivity index (χ3n) is 3.28. The molecule has 0 aliphatic heterocycles. The SMILES string of the molecule is COc1ccc(OC(=O)OC/C=C\COC(=O)Oc2ccc(OC)cc2)cc1. The number of ether oxygens (including phenoxy) is 6. The normalized spacial score (nSPS) is 10.2. The predicted octanol–water partition coefficient (Wildman–Crippen LogP) is 3.99. The van der Waals surface area contributed by atoms with Crippen LogP contribution in [0.2, 0.25) is 0 Å². The lowest BCUT2D eigenvalue weighted by Crippen LogP contribution is -2.11. The summed E-state index contributed by atoms with van der Waals surface area (Å²) in [6.07, 6.45) is 1.32. The van der Waals surface area contributed by atoms with E-state index in [2.05, 4.69) is 0 Å². The zero-order chi connectivity index (χ0) is 20.2. The second-order valence-corrected chi connectivity index (χ2v) is 5.15. The summed E-state index contributed by atoms with van der Waals surface area (Å²) in [5, 5.41) is 0. The molecular formula is C20H20O8. The van der Waals surface area contributed by atoms with Gasteiger partial charge in [-0.05, 0) is 60.7 Å². The van der Waals surface area contributed by atoms with Crippen LogP contribution in [0.1, 0.15) is 0 Å². The van der Waals surface area contributed by atoms with E-state index < -0.39 is 12.3 Å². The minimum Gasteiger partial charge on any atom is -0.497 e. The van der Waals surface area contributed by atoms with Crippen LogP contribution in [-0.2, 0) is 9.47 Å². The quantitative estimate of drug-likeness (QED) is 0.381. The Labute approximate surface area is 162 Å². The summed E-state index contributed by atoms with van der Waals surface area (Å²) in [4.78, 5) is 23.1. The van der Waals surface area contributed by atoms with Crippen molar-refractivity contribution in [2.45, 2.75) is 0 Å². The molecule has 0 fully saturated rings. The first kappa shape index (κ1) is 20.6. The Hall–Kier alpha value is -3.68. The first-order valence-corrected chi connectivity index (χ1v) is 8.23. The second kappa shape index (κ2) is 11.1. The van der Waals surface area contributed by atoms with E-state index in [1.807, 2.05) is 0 Å². The lowest BCUT2D eigenvalue weighted by Gasteiger charge is -2.05. The number of hydrogen-bond acceptors (Lipinski definition) is 8. The molecule has 148 valence electrons. The van der Waals surface area contributed by atoms with Gasteiger partial charge in [0.25, 0.3) is 0 Å². The van der Waals surface area contributed by atoms with E-state index in [1.54, 1.807) is 62.8 Å². The fraction of sp³-hybridized carbons (Fsp3) is 0.200. The zero-order valence-electron chi connectivity index (χ0n) is 15.5. The van der Waals surface area contributed by atoms with Gasteiger partial charge in [0, 0.05) is 0 Å². The van der Waals surface area contributed by atoms with Gasteiger partial charge in [0.2, 0.25) is 0 Å². The molecule has 0 spiro atoms. The molecular weight excluding hydrogens is 368 g/mol. The highest BCUT2D eigenvalue weighted by atomic mass is 16.7. The van der Waals surface area contributed by atoms with Crippen LogP contribution in [0.15, 0.2) is 60.7 Å². The number of benzene rings is 2. The molecule has 0 saturated heterocycles. The van der Waals surface area contributed by atoms with Crippen LogP contribution in [0.3, 0.4) is 0 Å². The molecule has 0 unspecified atom stereocenters. The molecule has 0 aliphatic carbocycles. The Morgan fingerprint density at radius 3 is 1.29 bits per heavy atom. The maximum atomic E-state index is 11.5. The van der Waals surface area contributed by atoms with Crippen LogP contribution in [0, 0.1) is 0 Å². The molecule has 8 nitrogen and oxygen atoms in total. The van der Waals surface area contributed by atoms with Crippen molar-refractivity contribution in [3.05, 3.63) is 60.7 Å². The van der Waals surface area contributed by atoms with Crippen molar-refractivity contribution in [2.75, 3.05) is 27.4 Å². The van der Waals surface area contributed by atoms with Gasteiger partial charge in [0.1, 0.15) is 36.2 Å². The van der Waals surface area contributed by atoms with Gasteiger partial charge in [0.15, 0.2) is 0 Å². The summed E-state index contributed by atoms with van der Waals surface area (Å²) in [7, 11) is 3.08. The van der Waals surface area contributed by atoms with Crippen molar-refractivity contribution in [3.8, 4) is 23.0 Å². The van der Waals surface area contributed by atoms with Gasteiger partial charge in [-0.1, -0.05) is 0 Å². The van der Waals surface area contributed by atoms with Crippen molar-refractivity contribution in [2.24, 2.45) is 0 Å². The second-order valence-electron chi connectivity index (χ2n) is 5.15. The molecule has 2 aromatic rings. The molecule has 0 aromatic heterocycles. The first-order valence-electron chi connectivity index (χ1n) is 8.23. The summed E-state index contributed by atoms with van der Waals surface area (Å²) in [5.41, 5.74) is 0. The van der Waals surface area contributed by atoms with E-state index in [0.717, 1.165) is 0 Å². The van der Waals surface area contributed by atoms with Gasteiger partial charge < -0.3 is 28.4 Å². The predicted molar refractivity (Wildman–Crippen MR) is 99.1 cm³/mol. The van der Waals surface area contributed by atoms with Crippen molar-refractivity contribution < 1.29 is 38.0 Å². The van der Waals surface area contributed by atoms with E-state index in [1.165, 1.54) is 12.2 Å². The van der Waals surface area contributed by atoms with Crippen LogP contribution < -0.4 is 18.9 Å². The maximum Gasteiger partial charge on any atom is 0.514 e. The van der Waals surface area contributed by atoms with Crippen LogP contribution in [0.4, 0.5) is 9.59 Å². The Morgan fingerprint density at radius 2 is 0.964 bits per heavy atom. The summed E-state index contributed by atoms with van der Waals surface area (Å²) in [6, 6.07) is 13.0. The van der Waals surface area contributed by atoms with Crippen molar-refractivity contribution in [3.63, 3.8) is 0 Å². The number of carbonyl (C=O) groups excluding carboxylic acids is 2. The first-order chi connectivity index (χ1) is 13.6. The Balaban J connectivity index is 1.60. The smallest absolute Gasteiger partial charge is 0.497 e. The monoisotopic (exact) mass is 388 g/mol. The third-order valence-corrected chi connectivity index (χ3v) is 3.28. The molecule has 2 rings (SSSR count). The molecule has 0 bridgehead atoms. The largest absolute Gasteiger partial charge is 0.514 e. The summed E-state index contributed by atoms with van der Waals surface area (Å²) >= 11 is 0. The lowest BCUT2D eigenvalue weighted by molar-refractivity contribution is 0.105. The average molecular weight is 388 g/mol. The van der Waals surface area contributed by atoms with E-state index in [0.29, 0.717) is 23.0 Å². The van der Waals surface area contributed by atoms with Crippen molar-refractivity contribution in [1.29, 1.82) is 0 Å². The van der Waals surface area contributed by atoms with Crippen LogP contribution in [-0.4, -0.2) is 39.7 Å². The lowest BCUT2D eigenvalue weighted by atomic mass is 10.3. The molecule has 28 heavy (non-hydrogen) atoms. The van der Waals surface area contributed by atoms with Gasteiger partial charge >= 0.3 is 12.3 Å². The van der Waals surface area contributed by atoms with E-state index >= 15 is 0 Å². The van der Waals surface area contributed by atoms with Crippen LogP contribution in [0.5, 0.6) is 23.0 Å². The fourth-order valence-electron chi connectivity index (χ4n) is 1.91. The molecule has 0 amide bonds. The number of methoxy groups -OCH3 is 2. The molecule has 0 saturated carbocycles. The average Bonchev–Trinajstić information content (AvgIpc) is 2.71. The molecule has 0 heterocycles. The minimum absolute atomic E-state index is 0.0358. The number of rotatable bonds is 8. The molecule has 0 N–H and O–H groups in total. The Morgan fingerprint density at radius 1 is 0.643 bits per heavy atom. The zero-order valence-corrected chi connectivity index (χ0v) is 15.5. The molecule has 2 aromatic carbocycles. The molecule has 0 atom stereocenters. The highest BCUT2D eigenvalue weighted by molar-refractivity contribution is 5.64. The van der Waals surface area contributed by atoms with Crippen molar-refractivity contribution in [1.82, 2.24) is 0 Å². The molecule has 0 aliphatic rings. The maximum absolute atomic E-state index is 11.5. The van der Waals surface area contributed by atoms with Crippen LogP contribution >= 0.6 is 0 Å². The van der Waals surface area contributed by atoms with Gasteiger partial charge in [-0.3, -0.25) is 0 Å². The van der Waals surface area contributed by atoms with Gasteiger partial charge in [-0.15, -0.1) is 0 Å². The topological polar surface area (TPSA) is 89.5 Å². The van der Waals surface area contributed by atoms with E-state index in [4.69, 9.17) is 28.4 Å². The van der Waals surface area contributed by atoms with Crippen molar-refractivity contribution >= 4 is 12.3 Å². The van der Waals surface area contributed by atoms with Gasteiger partial charge in [-0.25, -0.2) is 9.59 Å². The Bertz CT molecular complexity index is 713. The van der Waals surface area contributed by atoms with Gasteiger partial charge in [-0.2, -0.15) is 0 Å². The third kappa shape index (κ3) is 7.28. The molecule has 0 radical (unpaired) electrons. The van der Waals surface area contributed by atoms with E-state index in [-0.39, 0.29) is 13.2 Å². The molecule has 8 heteroatoms. The number of hydrogen-bond donors (Lipinski definition) is 0. The highest BCUT2D eigenvalue weighted by Gasteiger charge is 2.06. The fourth-order valence-corrected chi connectivity index (χ4v) is 1.91. The summed E-state index contributed by atoms with van der Waals surface area (Å²) in [6.45, 7) is -0.0717. The van der Waals surface area contributed by atoms with Gasteiger partial charge in [0.05, 0.1) is 14.2 Å². The number of carbonyl (C=O) groups is 2. The summed E-state index contributed by atoms with van der Waals surface area (Å²) < 4.78 is 29.7.